The SMILES string of the molecule is CCOC(=O)CN(C)C(=O)NC(C(=O)O)C1CC1. The molecule has 0 aromatic rings. The van der Waals surface area contributed by atoms with E-state index in [1.54, 1.807) is 6.92 Å². The van der Waals surface area contributed by atoms with Gasteiger partial charge in [0.1, 0.15) is 12.6 Å². The van der Waals surface area contributed by atoms with Crippen LogP contribution in [0.2, 0.25) is 0 Å². The highest BCUT2D eigenvalue weighted by atomic mass is 16.5. The monoisotopic (exact) mass is 258 g/mol. The van der Waals surface area contributed by atoms with Gasteiger partial charge in [-0.1, -0.05) is 0 Å². The van der Waals surface area contributed by atoms with Crippen LogP contribution in [-0.4, -0.2) is 54.2 Å². The molecule has 0 spiro atoms. The number of likely N-dealkylation sites (N-methyl/N-ethyl adjacent to an activating group) is 1. The van der Waals surface area contributed by atoms with Crippen LogP contribution in [0.3, 0.4) is 0 Å². The van der Waals surface area contributed by atoms with E-state index < -0.39 is 24.0 Å². The minimum Gasteiger partial charge on any atom is -0.480 e. The average molecular weight is 258 g/mol. The second-order valence-electron chi connectivity index (χ2n) is 4.26. The second kappa shape index (κ2) is 6.23. The maximum Gasteiger partial charge on any atom is 0.326 e. The van der Waals surface area contributed by atoms with Gasteiger partial charge >= 0.3 is 18.0 Å². The molecule has 2 amide bonds. The van der Waals surface area contributed by atoms with Crippen molar-refractivity contribution in [3.05, 3.63) is 0 Å². The van der Waals surface area contributed by atoms with Crippen molar-refractivity contribution < 1.29 is 24.2 Å². The van der Waals surface area contributed by atoms with E-state index in [4.69, 9.17) is 9.84 Å². The molecule has 7 nitrogen and oxygen atoms in total. The number of carboxylic acid groups (broad SMARTS) is 1. The Bertz CT molecular complexity index is 340. The molecule has 1 atom stereocenters. The lowest BCUT2D eigenvalue weighted by molar-refractivity contribution is -0.143. The van der Waals surface area contributed by atoms with E-state index in [-0.39, 0.29) is 19.1 Å². The molecule has 2 N–H and O–H groups in total. The molecule has 0 saturated heterocycles. The van der Waals surface area contributed by atoms with Crippen molar-refractivity contribution in [2.24, 2.45) is 5.92 Å². The van der Waals surface area contributed by atoms with Crippen molar-refractivity contribution >= 4 is 18.0 Å². The molecule has 0 radical (unpaired) electrons. The highest BCUT2D eigenvalue weighted by Gasteiger charge is 2.37. The number of hydrogen-bond acceptors (Lipinski definition) is 4. The molecule has 102 valence electrons. The zero-order valence-corrected chi connectivity index (χ0v) is 10.5. The fourth-order valence-corrected chi connectivity index (χ4v) is 1.53. The van der Waals surface area contributed by atoms with Crippen LogP contribution < -0.4 is 5.32 Å². The first-order chi connectivity index (χ1) is 8.45. The first kappa shape index (κ1) is 14.3. The number of hydrogen-bond donors (Lipinski definition) is 2. The number of urea groups is 1. The summed E-state index contributed by atoms with van der Waals surface area (Å²) in [5, 5.41) is 11.4. The molecule has 1 unspecified atom stereocenters. The smallest absolute Gasteiger partial charge is 0.326 e. The van der Waals surface area contributed by atoms with Gasteiger partial charge in [0, 0.05) is 7.05 Å². The average Bonchev–Trinajstić information content (AvgIpc) is 3.08. The number of amides is 2. The molecule has 0 aromatic heterocycles. The number of carboxylic acids is 1. The third-order valence-corrected chi connectivity index (χ3v) is 2.66. The van der Waals surface area contributed by atoms with Crippen LogP contribution in [-0.2, 0) is 14.3 Å². The topological polar surface area (TPSA) is 95.9 Å². The molecule has 0 aromatic carbocycles. The minimum atomic E-state index is -1.05. The van der Waals surface area contributed by atoms with Crippen LogP contribution >= 0.6 is 0 Å². The number of carbonyl (C=O) groups is 3. The van der Waals surface area contributed by atoms with Crippen LogP contribution in [0.25, 0.3) is 0 Å². The highest BCUT2D eigenvalue weighted by molar-refractivity contribution is 5.85. The Hall–Kier alpha value is -1.79. The summed E-state index contributed by atoms with van der Waals surface area (Å²) in [7, 11) is 1.41. The maximum absolute atomic E-state index is 11.7. The first-order valence-corrected chi connectivity index (χ1v) is 5.85. The summed E-state index contributed by atoms with van der Waals surface area (Å²) in [5.74, 6) is -1.56. The van der Waals surface area contributed by atoms with Crippen LogP contribution in [0.15, 0.2) is 0 Å². The molecule has 1 rings (SSSR count). The molecular weight excluding hydrogens is 240 g/mol. The number of nitrogens with zero attached hydrogens (tertiary/aromatic N) is 1. The van der Waals surface area contributed by atoms with Crippen molar-refractivity contribution in [2.45, 2.75) is 25.8 Å². The van der Waals surface area contributed by atoms with Crippen molar-refractivity contribution in [2.75, 3.05) is 20.2 Å². The second-order valence-corrected chi connectivity index (χ2v) is 4.26. The fraction of sp³-hybridized carbons (Fsp3) is 0.727. The molecule has 0 bridgehead atoms. The molecule has 18 heavy (non-hydrogen) atoms. The first-order valence-electron chi connectivity index (χ1n) is 5.85. The van der Waals surface area contributed by atoms with Crippen molar-refractivity contribution in [1.29, 1.82) is 0 Å². The Balaban J connectivity index is 2.42. The van der Waals surface area contributed by atoms with E-state index in [0.29, 0.717) is 0 Å². The van der Waals surface area contributed by atoms with Crippen LogP contribution in [0.4, 0.5) is 4.79 Å². The zero-order valence-electron chi connectivity index (χ0n) is 10.5. The van der Waals surface area contributed by atoms with E-state index in [0.717, 1.165) is 17.7 Å². The number of ether oxygens (including phenoxy) is 1. The number of nitrogens with one attached hydrogen (secondary N) is 1. The predicted molar refractivity (Wildman–Crippen MR) is 61.9 cm³/mol. The van der Waals surface area contributed by atoms with Crippen molar-refractivity contribution in [1.82, 2.24) is 10.2 Å². The Labute approximate surface area is 105 Å². The Morgan fingerprint density at radius 2 is 2.06 bits per heavy atom. The van der Waals surface area contributed by atoms with E-state index in [9.17, 15) is 14.4 Å². The van der Waals surface area contributed by atoms with Gasteiger partial charge in [0.25, 0.3) is 0 Å². The molecule has 0 aliphatic heterocycles. The predicted octanol–water partition coefficient (Wildman–Crippen LogP) is 0.0541. The van der Waals surface area contributed by atoms with Gasteiger partial charge in [-0.15, -0.1) is 0 Å². The quantitative estimate of drug-likeness (QED) is 0.656. The summed E-state index contributed by atoms with van der Waals surface area (Å²) in [6.07, 6.45) is 1.61. The summed E-state index contributed by atoms with van der Waals surface area (Å²) >= 11 is 0. The molecular formula is C11H18N2O5. The maximum atomic E-state index is 11.7. The molecule has 1 fully saturated rings. The van der Waals surface area contributed by atoms with Gasteiger partial charge in [0.05, 0.1) is 6.61 Å². The van der Waals surface area contributed by atoms with Crippen molar-refractivity contribution in [3.63, 3.8) is 0 Å². The van der Waals surface area contributed by atoms with Gasteiger partial charge in [-0.3, -0.25) is 4.79 Å². The number of carbonyl (C=O) groups excluding carboxylic acids is 2. The lowest BCUT2D eigenvalue weighted by atomic mass is 10.2. The van der Waals surface area contributed by atoms with Gasteiger partial charge in [-0.25, -0.2) is 9.59 Å². The Kier molecular flexibility index (Phi) is 4.94. The molecule has 1 aliphatic carbocycles. The number of aliphatic carboxylic acids is 1. The van der Waals surface area contributed by atoms with E-state index in [1.807, 2.05) is 0 Å². The summed E-state index contributed by atoms with van der Waals surface area (Å²) in [5.41, 5.74) is 0. The van der Waals surface area contributed by atoms with E-state index in [2.05, 4.69) is 5.32 Å². The molecule has 1 aliphatic rings. The molecule has 7 heteroatoms. The standard InChI is InChI=1S/C11H18N2O5/c1-3-18-8(14)6-13(2)11(17)12-9(10(15)16)7-4-5-7/h7,9H,3-6H2,1-2H3,(H,12,17)(H,15,16). The summed E-state index contributed by atoms with van der Waals surface area (Å²) in [4.78, 5) is 34.9. The van der Waals surface area contributed by atoms with E-state index >= 15 is 0 Å². The van der Waals surface area contributed by atoms with Crippen LogP contribution in [0.5, 0.6) is 0 Å². The minimum absolute atomic E-state index is 0.00226. The third-order valence-electron chi connectivity index (χ3n) is 2.66. The summed E-state index contributed by atoms with van der Waals surface area (Å²) in [6, 6.07) is -1.45. The van der Waals surface area contributed by atoms with Gasteiger partial charge < -0.3 is 20.1 Å². The molecule has 0 heterocycles. The lowest BCUT2D eigenvalue weighted by Crippen LogP contribution is -2.49. The van der Waals surface area contributed by atoms with Gasteiger partial charge in [-0.05, 0) is 25.7 Å². The normalized spacial score (nSPS) is 15.7. The fourth-order valence-electron chi connectivity index (χ4n) is 1.53. The van der Waals surface area contributed by atoms with Gasteiger partial charge in [0.2, 0.25) is 0 Å². The van der Waals surface area contributed by atoms with Crippen LogP contribution in [0, 0.1) is 5.92 Å². The molecule has 1 saturated carbocycles. The van der Waals surface area contributed by atoms with Gasteiger partial charge in [-0.2, -0.15) is 0 Å². The Morgan fingerprint density at radius 1 is 1.44 bits per heavy atom. The van der Waals surface area contributed by atoms with E-state index in [1.165, 1.54) is 7.05 Å². The van der Waals surface area contributed by atoms with Crippen LogP contribution in [0.1, 0.15) is 19.8 Å². The highest BCUT2D eigenvalue weighted by Crippen LogP contribution is 2.32. The Morgan fingerprint density at radius 3 is 2.50 bits per heavy atom. The van der Waals surface area contributed by atoms with Crippen molar-refractivity contribution in [3.8, 4) is 0 Å². The number of esters is 1. The third kappa shape index (κ3) is 4.23. The lowest BCUT2D eigenvalue weighted by Gasteiger charge is -2.20. The van der Waals surface area contributed by atoms with Gasteiger partial charge in [0.15, 0.2) is 0 Å². The number of rotatable bonds is 6. The zero-order chi connectivity index (χ0) is 13.7. The summed E-state index contributed by atoms with van der Waals surface area (Å²) < 4.78 is 4.70. The largest absolute Gasteiger partial charge is 0.480 e. The summed E-state index contributed by atoms with van der Waals surface area (Å²) in [6.45, 7) is 1.72.